The number of unbranched alkanes of at least 4 members (excludes halogenated alkanes) is 9. The van der Waals surface area contributed by atoms with Crippen LogP contribution in [0.3, 0.4) is 0 Å². The molecular formula is C43H74O5. The van der Waals surface area contributed by atoms with Crippen LogP contribution in [0.25, 0.3) is 0 Å². The van der Waals surface area contributed by atoms with Crippen molar-refractivity contribution in [3.05, 3.63) is 22.3 Å². The number of carbonyl (C=O) groups is 2. The second-order valence-corrected chi connectivity index (χ2v) is 16.3. The maximum absolute atomic E-state index is 12.8. The molecule has 1 aliphatic rings. The zero-order valence-electron chi connectivity index (χ0n) is 32.6. The average molecular weight is 671 g/mol. The van der Waals surface area contributed by atoms with Gasteiger partial charge < -0.3 is 14.6 Å². The summed E-state index contributed by atoms with van der Waals surface area (Å²) in [6, 6.07) is 0. The summed E-state index contributed by atoms with van der Waals surface area (Å²) in [5.41, 5.74) is 4.29. The van der Waals surface area contributed by atoms with E-state index in [0.29, 0.717) is 12.8 Å². The molecule has 1 aromatic carbocycles. The van der Waals surface area contributed by atoms with Crippen molar-refractivity contribution in [3.8, 4) is 11.5 Å². The van der Waals surface area contributed by atoms with Gasteiger partial charge in [-0.25, -0.2) is 0 Å². The quantitative estimate of drug-likeness (QED) is 0.0603. The predicted molar refractivity (Wildman–Crippen MR) is 201 cm³/mol. The van der Waals surface area contributed by atoms with Gasteiger partial charge in [-0.1, -0.05) is 124 Å². The Hall–Kier alpha value is -2.04. The van der Waals surface area contributed by atoms with Crippen molar-refractivity contribution >= 4 is 11.9 Å². The van der Waals surface area contributed by atoms with Crippen molar-refractivity contribution in [2.45, 2.75) is 209 Å². The lowest BCUT2D eigenvalue weighted by atomic mass is 9.83. The fourth-order valence-corrected chi connectivity index (χ4v) is 7.54. The lowest BCUT2D eigenvalue weighted by molar-refractivity contribution is -0.137. The predicted octanol–water partition coefficient (Wildman–Crippen LogP) is 12.8. The van der Waals surface area contributed by atoms with E-state index in [2.05, 4.69) is 55.4 Å². The molecular weight excluding hydrogens is 596 g/mol. The summed E-state index contributed by atoms with van der Waals surface area (Å²) < 4.78 is 12.8. The first kappa shape index (κ1) is 42.1. The molecule has 0 amide bonds. The molecule has 0 aromatic heterocycles. The van der Waals surface area contributed by atoms with E-state index < -0.39 is 5.97 Å². The van der Waals surface area contributed by atoms with Crippen LogP contribution in [0.1, 0.15) is 198 Å². The van der Waals surface area contributed by atoms with Gasteiger partial charge in [0, 0.05) is 18.4 Å². The molecule has 0 fully saturated rings. The van der Waals surface area contributed by atoms with Gasteiger partial charge in [0.05, 0.1) is 0 Å². The molecule has 0 unspecified atom stereocenters. The van der Waals surface area contributed by atoms with Crippen LogP contribution in [0.4, 0.5) is 0 Å². The maximum Gasteiger partial charge on any atom is 0.311 e. The Balaban J connectivity index is 1.71. The Labute approximate surface area is 295 Å². The lowest BCUT2D eigenvalue weighted by Gasteiger charge is -2.38. The van der Waals surface area contributed by atoms with Crippen LogP contribution in [-0.4, -0.2) is 22.6 Å². The van der Waals surface area contributed by atoms with E-state index >= 15 is 0 Å². The van der Waals surface area contributed by atoms with Crippen molar-refractivity contribution in [2.24, 2.45) is 17.8 Å². The van der Waals surface area contributed by atoms with E-state index in [1.54, 1.807) is 0 Å². The maximum atomic E-state index is 12.8. The largest absolute Gasteiger partial charge is 0.487 e. The SMILES string of the molecule is Cc1c(C)c2c(c(C)c1OC(=O)CCCCCCCCCCCCC(=O)O)CC[C@@](C)(CCC[C@H](C)CCC[C@H](C)CCCC(C)C)O2. The highest BCUT2D eigenvalue weighted by Crippen LogP contribution is 2.45. The van der Waals surface area contributed by atoms with Crippen LogP contribution in [0.5, 0.6) is 11.5 Å². The highest BCUT2D eigenvalue weighted by molar-refractivity contribution is 5.74. The first-order valence-corrected chi connectivity index (χ1v) is 20.1. The Bertz CT molecular complexity index is 1090. The monoisotopic (exact) mass is 671 g/mol. The van der Waals surface area contributed by atoms with Gasteiger partial charge in [0.2, 0.25) is 0 Å². The Morgan fingerprint density at radius 1 is 0.688 bits per heavy atom. The van der Waals surface area contributed by atoms with Gasteiger partial charge in [-0.2, -0.15) is 0 Å². The fourth-order valence-electron chi connectivity index (χ4n) is 7.54. The van der Waals surface area contributed by atoms with Gasteiger partial charge in [0.25, 0.3) is 0 Å². The van der Waals surface area contributed by atoms with Crippen LogP contribution in [0.15, 0.2) is 0 Å². The van der Waals surface area contributed by atoms with Crippen molar-refractivity contribution in [1.82, 2.24) is 0 Å². The molecule has 3 atom stereocenters. The van der Waals surface area contributed by atoms with E-state index in [0.717, 1.165) is 104 Å². The Morgan fingerprint density at radius 2 is 1.19 bits per heavy atom. The molecule has 0 bridgehead atoms. The number of carbonyl (C=O) groups excluding carboxylic acids is 1. The molecule has 5 heteroatoms. The first-order valence-electron chi connectivity index (χ1n) is 20.1. The van der Waals surface area contributed by atoms with Crippen molar-refractivity contribution in [3.63, 3.8) is 0 Å². The van der Waals surface area contributed by atoms with Gasteiger partial charge >= 0.3 is 11.9 Å². The molecule has 1 N–H and O–H groups in total. The van der Waals surface area contributed by atoms with Crippen LogP contribution >= 0.6 is 0 Å². The first-order chi connectivity index (χ1) is 22.8. The van der Waals surface area contributed by atoms with E-state index in [4.69, 9.17) is 14.6 Å². The average Bonchev–Trinajstić information content (AvgIpc) is 3.02. The van der Waals surface area contributed by atoms with E-state index in [1.165, 1.54) is 82.6 Å². The highest BCUT2D eigenvalue weighted by Gasteiger charge is 2.34. The van der Waals surface area contributed by atoms with Gasteiger partial charge in [0.1, 0.15) is 17.1 Å². The molecule has 1 heterocycles. The number of rotatable bonds is 26. The third kappa shape index (κ3) is 16.1. The van der Waals surface area contributed by atoms with Crippen molar-refractivity contribution < 1.29 is 24.2 Å². The van der Waals surface area contributed by atoms with Gasteiger partial charge in [-0.3, -0.25) is 9.59 Å². The number of hydrogen-bond donors (Lipinski definition) is 1. The fraction of sp³-hybridized carbons (Fsp3) is 0.814. The number of fused-ring (bicyclic) bond motifs is 1. The molecule has 0 saturated heterocycles. The molecule has 5 nitrogen and oxygen atoms in total. The molecule has 0 spiro atoms. The lowest BCUT2D eigenvalue weighted by Crippen LogP contribution is -2.37. The number of hydrogen-bond acceptors (Lipinski definition) is 4. The summed E-state index contributed by atoms with van der Waals surface area (Å²) in [5, 5.41) is 8.70. The zero-order chi connectivity index (χ0) is 35.5. The molecule has 0 aliphatic carbocycles. The second kappa shape index (κ2) is 22.6. The molecule has 1 aliphatic heterocycles. The van der Waals surface area contributed by atoms with Gasteiger partial charge in [0.15, 0.2) is 0 Å². The number of carboxylic acids is 1. The van der Waals surface area contributed by atoms with Crippen LogP contribution in [-0.2, 0) is 16.0 Å². The summed E-state index contributed by atoms with van der Waals surface area (Å²) in [7, 11) is 0. The van der Waals surface area contributed by atoms with Gasteiger partial charge in [-0.05, 0) is 101 Å². The normalized spacial score (nSPS) is 17.2. The smallest absolute Gasteiger partial charge is 0.311 e. The van der Waals surface area contributed by atoms with Gasteiger partial charge in [-0.15, -0.1) is 0 Å². The standard InChI is InChI=1S/C43H74O5/c1-32(2)22-19-23-33(3)24-20-25-34(4)26-21-30-43(8)31-29-38-37(7)41(35(5)36(6)42(38)48-43)47-40(46)28-18-16-14-12-10-9-11-13-15-17-27-39(44)45/h32-34H,9-31H2,1-8H3,(H,44,45)/t33-,34-,43-/m1/s1. The van der Waals surface area contributed by atoms with Crippen LogP contribution in [0.2, 0.25) is 0 Å². The topological polar surface area (TPSA) is 72.8 Å². The molecule has 1 aromatic rings. The van der Waals surface area contributed by atoms with E-state index in [-0.39, 0.29) is 11.6 Å². The Morgan fingerprint density at radius 3 is 1.73 bits per heavy atom. The highest BCUT2D eigenvalue weighted by atomic mass is 16.5. The summed E-state index contributed by atoms with van der Waals surface area (Å²) in [4.78, 5) is 23.4. The van der Waals surface area contributed by atoms with Crippen molar-refractivity contribution in [1.29, 1.82) is 0 Å². The molecule has 2 rings (SSSR count). The second-order valence-electron chi connectivity index (χ2n) is 16.3. The number of aliphatic carboxylic acids is 1. The van der Waals surface area contributed by atoms with E-state index in [9.17, 15) is 9.59 Å². The minimum Gasteiger partial charge on any atom is -0.487 e. The van der Waals surface area contributed by atoms with Crippen molar-refractivity contribution in [2.75, 3.05) is 0 Å². The number of benzene rings is 1. The summed E-state index contributed by atoms with van der Waals surface area (Å²) in [6.07, 6.45) is 25.3. The molecule has 48 heavy (non-hydrogen) atoms. The number of ether oxygens (including phenoxy) is 2. The molecule has 0 saturated carbocycles. The Kier molecular flexibility index (Phi) is 19.9. The molecule has 276 valence electrons. The summed E-state index contributed by atoms with van der Waals surface area (Å²) in [6.45, 7) is 18.1. The minimum atomic E-state index is -0.691. The number of carboxylic acid groups (broad SMARTS) is 1. The van der Waals surface area contributed by atoms with E-state index in [1.807, 2.05) is 0 Å². The number of esters is 1. The van der Waals surface area contributed by atoms with Crippen LogP contribution in [0, 0.1) is 38.5 Å². The summed E-state index contributed by atoms with van der Waals surface area (Å²) >= 11 is 0. The summed E-state index contributed by atoms with van der Waals surface area (Å²) in [5.74, 6) is 3.41. The third-order valence-electron chi connectivity index (χ3n) is 11.1. The van der Waals surface area contributed by atoms with Crippen LogP contribution < -0.4 is 9.47 Å². The minimum absolute atomic E-state index is 0.127. The zero-order valence-corrected chi connectivity index (χ0v) is 32.6. The third-order valence-corrected chi connectivity index (χ3v) is 11.1. The molecule has 0 radical (unpaired) electrons.